The first kappa shape index (κ1) is 13.4. The van der Waals surface area contributed by atoms with Crippen LogP contribution in [0.25, 0.3) is 0 Å². The first-order valence-corrected chi connectivity index (χ1v) is 6.96. The van der Waals surface area contributed by atoms with Crippen molar-refractivity contribution in [1.82, 2.24) is 4.98 Å². The number of hydrogen-bond donors (Lipinski definition) is 1. The van der Waals surface area contributed by atoms with E-state index in [1.54, 1.807) is 18.0 Å². The summed E-state index contributed by atoms with van der Waals surface area (Å²) in [6, 6.07) is 11.6. The highest BCUT2D eigenvalue weighted by Gasteiger charge is 2.05. The Labute approximate surface area is 116 Å². The minimum absolute atomic E-state index is 0.377. The Morgan fingerprint density at radius 3 is 2.50 bits per heavy atom. The van der Waals surface area contributed by atoms with Crippen molar-refractivity contribution in [2.45, 2.75) is 29.4 Å². The quantitative estimate of drug-likeness (QED) is 0.904. The lowest BCUT2D eigenvalue weighted by Crippen LogP contribution is -1.94. The monoisotopic (exact) mass is 279 g/mol. The highest BCUT2D eigenvalue weighted by Crippen LogP contribution is 2.28. The number of aliphatic hydroxyl groups is 1. The van der Waals surface area contributed by atoms with E-state index in [0.29, 0.717) is 5.02 Å². The van der Waals surface area contributed by atoms with Crippen LogP contribution in [0.4, 0.5) is 0 Å². The minimum atomic E-state index is -0.377. The number of pyridine rings is 1. The van der Waals surface area contributed by atoms with Gasteiger partial charge in [-0.2, -0.15) is 0 Å². The molecule has 1 N–H and O–H groups in total. The molecule has 4 heteroatoms. The third-order valence-electron chi connectivity index (χ3n) is 2.57. The Bertz CT molecular complexity index is 498. The van der Waals surface area contributed by atoms with E-state index in [-0.39, 0.29) is 6.10 Å². The van der Waals surface area contributed by atoms with Gasteiger partial charge in [-0.25, -0.2) is 4.98 Å². The van der Waals surface area contributed by atoms with Gasteiger partial charge in [-0.05, 0) is 36.2 Å². The average molecular weight is 280 g/mol. The van der Waals surface area contributed by atoms with E-state index >= 15 is 0 Å². The maximum absolute atomic E-state index is 9.71. The van der Waals surface area contributed by atoms with E-state index in [1.807, 2.05) is 43.3 Å². The van der Waals surface area contributed by atoms with Crippen LogP contribution in [0.2, 0.25) is 5.02 Å². The van der Waals surface area contributed by atoms with Gasteiger partial charge in [0.1, 0.15) is 5.03 Å². The second-order valence-corrected chi connectivity index (χ2v) is 5.44. The van der Waals surface area contributed by atoms with Crippen LogP contribution in [0.1, 0.15) is 25.0 Å². The summed E-state index contributed by atoms with van der Waals surface area (Å²) in [6.45, 7) is 1.96. The second-order valence-electron chi connectivity index (χ2n) is 3.91. The van der Waals surface area contributed by atoms with Crippen molar-refractivity contribution < 1.29 is 5.11 Å². The maximum Gasteiger partial charge on any atom is 0.101 e. The van der Waals surface area contributed by atoms with Crippen LogP contribution in [0.3, 0.4) is 0 Å². The van der Waals surface area contributed by atoms with Gasteiger partial charge in [-0.3, -0.25) is 0 Å². The standard InChI is InChI=1S/C14H14ClNOS/c1-2-13(17)10-3-6-12(7-4-10)18-14-8-5-11(15)9-16-14/h3-9,13,17H,2H2,1H3/t13-/m0/s1. The number of benzene rings is 1. The molecular formula is C14H14ClNOS. The molecule has 2 nitrogen and oxygen atoms in total. The van der Waals surface area contributed by atoms with Gasteiger partial charge in [0.2, 0.25) is 0 Å². The van der Waals surface area contributed by atoms with E-state index in [0.717, 1.165) is 21.9 Å². The van der Waals surface area contributed by atoms with Crippen molar-refractivity contribution in [2.24, 2.45) is 0 Å². The van der Waals surface area contributed by atoms with Crippen LogP contribution < -0.4 is 0 Å². The lowest BCUT2D eigenvalue weighted by atomic mass is 10.1. The Kier molecular flexibility index (Phi) is 4.64. The molecule has 2 aromatic rings. The van der Waals surface area contributed by atoms with Crippen LogP contribution in [-0.2, 0) is 0 Å². The van der Waals surface area contributed by atoms with Crippen LogP contribution in [-0.4, -0.2) is 10.1 Å². The van der Waals surface area contributed by atoms with Gasteiger partial charge >= 0.3 is 0 Å². The normalized spacial score (nSPS) is 12.4. The zero-order valence-corrected chi connectivity index (χ0v) is 11.6. The summed E-state index contributed by atoms with van der Waals surface area (Å²) < 4.78 is 0. The molecule has 0 aliphatic heterocycles. The van der Waals surface area contributed by atoms with Gasteiger partial charge in [0, 0.05) is 11.1 Å². The van der Waals surface area contributed by atoms with E-state index < -0.39 is 0 Å². The average Bonchev–Trinajstić information content (AvgIpc) is 2.41. The second kappa shape index (κ2) is 6.23. The van der Waals surface area contributed by atoms with Crippen molar-refractivity contribution in [2.75, 3.05) is 0 Å². The first-order valence-electron chi connectivity index (χ1n) is 5.76. The molecule has 0 radical (unpaired) electrons. The largest absolute Gasteiger partial charge is 0.388 e. The molecule has 0 spiro atoms. The SMILES string of the molecule is CC[C@H](O)c1ccc(Sc2ccc(Cl)cn2)cc1. The van der Waals surface area contributed by atoms with E-state index in [1.165, 1.54) is 0 Å². The van der Waals surface area contributed by atoms with Crippen molar-refractivity contribution >= 4 is 23.4 Å². The molecule has 1 aromatic carbocycles. The summed E-state index contributed by atoms with van der Waals surface area (Å²) in [5.74, 6) is 0. The third-order valence-corrected chi connectivity index (χ3v) is 3.76. The van der Waals surface area contributed by atoms with Crippen molar-refractivity contribution in [3.63, 3.8) is 0 Å². The van der Waals surface area contributed by atoms with Gasteiger partial charge in [0.15, 0.2) is 0 Å². The van der Waals surface area contributed by atoms with Crippen LogP contribution in [0.5, 0.6) is 0 Å². The molecule has 0 saturated heterocycles. The van der Waals surface area contributed by atoms with Crippen molar-refractivity contribution in [1.29, 1.82) is 0 Å². The molecule has 1 aromatic heterocycles. The van der Waals surface area contributed by atoms with E-state index in [9.17, 15) is 5.11 Å². The molecule has 0 unspecified atom stereocenters. The van der Waals surface area contributed by atoms with Crippen LogP contribution in [0, 0.1) is 0 Å². The first-order chi connectivity index (χ1) is 8.69. The minimum Gasteiger partial charge on any atom is -0.388 e. The molecule has 0 bridgehead atoms. The number of nitrogens with zero attached hydrogens (tertiary/aromatic N) is 1. The molecule has 1 heterocycles. The molecule has 94 valence electrons. The lowest BCUT2D eigenvalue weighted by molar-refractivity contribution is 0.173. The fraction of sp³-hybridized carbons (Fsp3) is 0.214. The highest BCUT2D eigenvalue weighted by atomic mass is 35.5. The zero-order valence-electron chi connectivity index (χ0n) is 10.0. The molecular weight excluding hydrogens is 266 g/mol. The molecule has 0 amide bonds. The summed E-state index contributed by atoms with van der Waals surface area (Å²) in [4.78, 5) is 5.32. The van der Waals surface area contributed by atoms with Gasteiger partial charge < -0.3 is 5.11 Å². The molecule has 2 rings (SSSR count). The molecule has 0 saturated carbocycles. The smallest absolute Gasteiger partial charge is 0.101 e. The van der Waals surface area contributed by atoms with E-state index in [4.69, 9.17) is 11.6 Å². The molecule has 0 fully saturated rings. The topological polar surface area (TPSA) is 33.1 Å². The summed E-state index contributed by atoms with van der Waals surface area (Å²) in [5.41, 5.74) is 0.950. The summed E-state index contributed by atoms with van der Waals surface area (Å²) >= 11 is 7.36. The van der Waals surface area contributed by atoms with Crippen molar-refractivity contribution in [3.05, 3.63) is 53.2 Å². The molecule has 0 aliphatic rings. The molecule has 1 atom stereocenters. The van der Waals surface area contributed by atoms with Gasteiger partial charge in [0.05, 0.1) is 11.1 Å². The number of aromatic nitrogens is 1. The Morgan fingerprint density at radius 2 is 1.94 bits per heavy atom. The fourth-order valence-corrected chi connectivity index (χ4v) is 2.40. The third kappa shape index (κ3) is 3.48. The number of halogens is 1. The predicted octanol–water partition coefficient (Wildman–Crippen LogP) is 4.33. The van der Waals surface area contributed by atoms with E-state index in [2.05, 4.69) is 4.98 Å². The maximum atomic E-state index is 9.71. The van der Waals surface area contributed by atoms with Gasteiger partial charge in [-0.15, -0.1) is 0 Å². The summed E-state index contributed by atoms with van der Waals surface area (Å²) in [7, 11) is 0. The Hall–Kier alpha value is -1.03. The van der Waals surface area contributed by atoms with Crippen LogP contribution >= 0.6 is 23.4 Å². The lowest BCUT2D eigenvalue weighted by Gasteiger charge is -2.08. The predicted molar refractivity (Wildman–Crippen MR) is 75.1 cm³/mol. The number of rotatable bonds is 4. The van der Waals surface area contributed by atoms with Crippen LogP contribution in [0.15, 0.2) is 52.5 Å². The Morgan fingerprint density at radius 1 is 1.22 bits per heavy atom. The van der Waals surface area contributed by atoms with Gasteiger partial charge in [-0.1, -0.05) is 42.4 Å². The number of aliphatic hydroxyl groups excluding tert-OH is 1. The molecule has 18 heavy (non-hydrogen) atoms. The highest BCUT2D eigenvalue weighted by molar-refractivity contribution is 7.99. The number of hydrogen-bond acceptors (Lipinski definition) is 3. The fourth-order valence-electron chi connectivity index (χ4n) is 1.54. The molecule has 0 aliphatic carbocycles. The zero-order chi connectivity index (χ0) is 13.0. The summed E-state index contributed by atoms with van der Waals surface area (Å²) in [6.07, 6.45) is 1.99. The Balaban J connectivity index is 2.08. The van der Waals surface area contributed by atoms with Crippen molar-refractivity contribution in [3.8, 4) is 0 Å². The summed E-state index contributed by atoms with van der Waals surface area (Å²) in [5, 5.41) is 11.3. The van der Waals surface area contributed by atoms with Gasteiger partial charge in [0.25, 0.3) is 0 Å².